The number of hydrogen-bond donors (Lipinski definition) is 0. The molecular formula is C47H90NO7P. The molecule has 0 amide bonds. The third kappa shape index (κ3) is 43.8. The summed E-state index contributed by atoms with van der Waals surface area (Å²) in [6.07, 6.45) is 47.3. The van der Waals surface area contributed by atoms with Crippen LogP contribution in [0.4, 0.5) is 0 Å². The van der Waals surface area contributed by atoms with Crippen LogP contribution in [0.3, 0.4) is 0 Å². The van der Waals surface area contributed by atoms with E-state index in [0.29, 0.717) is 24.1 Å². The normalized spacial score (nSPS) is 14.0. The first kappa shape index (κ1) is 54.7. The number of nitrogens with zero attached hydrogens (tertiary/aromatic N) is 1. The summed E-state index contributed by atoms with van der Waals surface area (Å²) in [6, 6.07) is 0. The summed E-state index contributed by atoms with van der Waals surface area (Å²) < 4.78 is 34.6. The summed E-state index contributed by atoms with van der Waals surface area (Å²) >= 11 is 0. The second kappa shape index (κ2) is 40.5. The van der Waals surface area contributed by atoms with Gasteiger partial charge in [0.05, 0.1) is 34.4 Å². The van der Waals surface area contributed by atoms with Crippen molar-refractivity contribution in [2.24, 2.45) is 0 Å². The summed E-state index contributed by atoms with van der Waals surface area (Å²) in [5.74, 6) is -0.348. The topological polar surface area (TPSA) is 94.1 Å². The van der Waals surface area contributed by atoms with Crippen molar-refractivity contribution in [3.8, 4) is 0 Å². The van der Waals surface area contributed by atoms with E-state index in [1.165, 1.54) is 122 Å². The lowest BCUT2D eigenvalue weighted by molar-refractivity contribution is -0.870. The number of quaternary nitrogens is 1. The van der Waals surface area contributed by atoms with Gasteiger partial charge in [0.15, 0.2) is 0 Å². The van der Waals surface area contributed by atoms with E-state index in [-0.39, 0.29) is 25.8 Å². The van der Waals surface area contributed by atoms with Crippen molar-refractivity contribution >= 4 is 13.8 Å². The van der Waals surface area contributed by atoms with Crippen LogP contribution < -0.4 is 4.89 Å². The molecule has 0 fully saturated rings. The molecule has 0 aromatic rings. The largest absolute Gasteiger partial charge is 0.756 e. The maximum absolute atomic E-state index is 12.7. The van der Waals surface area contributed by atoms with Gasteiger partial charge in [-0.3, -0.25) is 9.36 Å². The van der Waals surface area contributed by atoms with Gasteiger partial charge in [-0.1, -0.05) is 166 Å². The van der Waals surface area contributed by atoms with Crippen molar-refractivity contribution in [2.75, 3.05) is 54.1 Å². The van der Waals surface area contributed by atoms with E-state index in [1.54, 1.807) is 0 Å². The fourth-order valence-corrected chi connectivity index (χ4v) is 6.99. The van der Waals surface area contributed by atoms with Crippen molar-refractivity contribution < 1.29 is 37.3 Å². The smallest absolute Gasteiger partial charge is 0.306 e. The first-order chi connectivity index (χ1) is 27.1. The lowest BCUT2D eigenvalue weighted by Gasteiger charge is -2.28. The van der Waals surface area contributed by atoms with Gasteiger partial charge in [0.1, 0.15) is 19.3 Å². The second-order valence-corrected chi connectivity index (χ2v) is 18.2. The fraction of sp³-hybridized carbons (Fsp3) is 0.851. The molecule has 0 N–H and O–H groups in total. The number of carbonyl (C=O) groups is 1. The Morgan fingerprint density at radius 1 is 0.554 bits per heavy atom. The Bertz CT molecular complexity index is 994. The first-order valence-corrected chi connectivity index (χ1v) is 24.7. The molecule has 0 bridgehead atoms. The van der Waals surface area contributed by atoms with Crippen molar-refractivity contribution in [3.63, 3.8) is 0 Å². The fourth-order valence-electron chi connectivity index (χ4n) is 6.26. The van der Waals surface area contributed by atoms with E-state index >= 15 is 0 Å². The molecule has 0 heterocycles. The van der Waals surface area contributed by atoms with E-state index < -0.39 is 13.9 Å². The zero-order chi connectivity index (χ0) is 41.3. The van der Waals surface area contributed by atoms with Crippen LogP contribution in [0.2, 0.25) is 0 Å². The Morgan fingerprint density at radius 3 is 1.52 bits per heavy atom. The monoisotopic (exact) mass is 812 g/mol. The third-order valence-electron chi connectivity index (χ3n) is 9.91. The van der Waals surface area contributed by atoms with Crippen LogP contribution in [0, 0.1) is 0 Å². The van der Waals surface area contributed by atoms with Gasteiger partial charge in [-0.2, -0.15) is 0 Å². The van der Waals surface area contributed by atoms with Gasteiger partial charge in [-0.25, -0.2) is 0 Å². The summed E-state index contributed by atoms with van der Waals surface area (Å²) in [7, 11) is 1.35. The average molecular weight is 812 g/mol. The molecule has 0 spiro atoms. The number of hydrogen-bond acceptors (Lipinski definition) is 7. The summed E-state index contributed by atoms with van der Waals surface area (Å²) in [6.45, 7) is 5.36. The zero-order valence-electron chi connectivity index (χ0n) is 37.3. The molecule has 0 rings (SSSR count). The van der Waals surface area contributed by atoms with Crippen molar-refractivity contribution in [3.05, 3.63) is 36.5 Å². The molecule has 0 saturated carbocycles. The summed E-state index contributed by atoms with van der Waals surface area (Å²) in [5, 5.41) is 0. The number of carbonyl (C=O) groups excluding carboxylic acids is 1. The SMILES string of the molecule is CCCC/C=C\C/C=C\CCCCCCCC(=O)OC(COCCCCCCCCCCCC/C=C\CCCCCCCC)COP(=O)([O-])OCC[N+](C)(C)C. The highest BCUT2D eigenvalue weighted by Crippen LogP contribution is 2.38. The molecule has 2 atom stereocenters. The predicted octanol–water partition coefficient (Wildman–Crippen LogP) is 13.1. The van der Waals surface area contributed by atoms with E-state index in [1.807, 2.05) is 21.1 Å². The second-order valence-electron chi connectivity index (χ2n) is 16.8. The molecule has 0 radical (unpaired) electrons. The maximum atomic E-state index is 12.7. The van der Waals surface area contributed by atoms with E-state index in [2.05, 4.69) is 50.3 Å². The van der Waals surface area contributed by atoms with Gasteiger partial charge in [-0.15, -0.1) is 0 Å². The minimum absolute atomic E-state index is 0.0231. The quantitative estimate of drug-likeness (QED) is 0.0199. The lowest BCUT2D eigenvalue weighted by atomic mass is 10.1. The number of allylic oxidation sites excluding steroid dienone is 6. The Morgan fingerprint density at radius 2 is 1.00 bits per heavy atom. The standard InChI is InChI=1S/C47H90NO7P/c1-6-8-10-12-14-16-18-20-22-23-24-25-26-27-29-31-33-35-37-39-42-52-44-46(45-54-56(50,51)53-43-41-48(3,4)5)55-47(49)40-38-36-34-32-30-28-21-19-17-15-13-11-9-7-2/h13,15,19-22,46H,6-12,14,16-18,23-45H2,1-5H3/b15-13-,21-19-,22-20-. The molecule has 330 valence electrons. The van der Waals surface area contributed by atoms with E-state index in [4.69, 9.17) is 18.5 Å². The van der Waals surface area contributed by atoms with Gasteiger partial charge < -0.3 is 27.9 Å². The number of rotatable bonds is 43. The summed E-state index contributed by atoms with van der Waals surface area (Å²) in [4.78, 5) is 25.1. The van der Waals surface area contributed by atoms with Crippen LogP contribution >= 0.6 is 7.82 Å². The van der Waals surface area contributed by atoms with E-state index in [9.17, 15) is 14.3 Å². The van der Waals surface area contributed by atoms with Crippen LogP contribution in [0.5, 0.6) is 0 Å². The maximum Gasteiger partial charge on any atom is 0.306 e. The van der Waals surface area contributed by atoms with Crippen LogP contribution in [-0.4, -0.2) is 70.7 Å². The molecule has 56 heavy (non-hydrogen) atoms. The minimum Gasteiger partial charge on any atom is -0.756 e. The zero-order valence-corrected chi connectivity index (χ0v) is 38.2. The van der Waals surface area contributed by atoms with Crippen LogP contribution in [0.25, 0.3) is 0 Å². The number of likely N-dealkylation sites (N-methyl/N-ethyl adjacent to an activating group) is 1. The molecule has 0 aromatic carbocycles. The molecular weight excluding hydrogens is 721 g/mol. The molecule has 0 aromatic heterocycles. The molecule has 0 aliphatic rings. The van der Waals surface area contributed by atoms with E-state index in [0.717, 1.165) is 57.8 Å². The van der Waals surface area contributed by atoms with Gasteiger partial charge in [0, 0.05) is 13.0 Å². The Kier molecular flexibility index (Phi) is 39.6. The number of phosphoric ester groups is 1. The van der Waals surface area contributed by atoms with Crippen LogP contribution in [0.1, 0.15) is 200 Å². The Hall–Kier alpha value is -1.28. The summed E-state index contributed by atoms with van der Waals surface area (Å²) in [5.41, 5.74) is 0. The van der Waals surface area contributed by atoms with Gasteiger partial charge in [0.25, 0.3) is 7.82 Å². The molecule has 0 saturated heterocycles. The minimum atomic E-state index is -4.53. The van der Waals surface area contributed by atoms with Gasteiger partial charge >= 0.3 is 5.97 Å². The number of phosphoric acid groups is 1. The average Bonchev–Trinajstić information content (AvgIpc) is 3.15. The first-order valence-electron chi connectivity index (χ1n) is 23.2. The van der Waals surface area contributed by atoms with Crippen molar-refractivity contribution in [1.82, 2.24) is 0 Å². The molecule has 9 heteroatoms. The number of unbranched alkanes of at least 4 members (excludes halogenated alkanes) is 23. The highest BCUT2D eigenvalue weighted by molar-refractivity contribution is 7.45. The predicted molar refractivity (Wildman–Crippen MR) is 236 cm³/mol. The highest BCUT2D eigenvalue weighted by atomic mass is 31.2. The Labute approximate surface area is 346 Å². The molecule has 0 aliphatic carbocycles. The highest BCUT2D eigenvalue weighted by Gasteiger charge is 2.20. The van der Waals surface area contributed by atoms with Gasteiger partial charge in [-0.05, 0) is 64.2 Å². The molecule has 8 nitrogen and oxygen atoms in total. The van der Waals surface area contributed by atoms with Crippen LogP contribution in [0.15, 0.2) is 36.5 Å². The van der Waals surface area contributed by atoms with Crippen LogP contribution in [-0.2, 0) is 27.9 Å². The van der Waals surface area contributed by atoms with Gasteiger partial charge in [0.2, 0.25) is 0 Å². The number of esters is 1. The Balaban J connectivity index is 4.18. The molecule has 0 aliphatic heterocycles. The van der Waals surface area contributed by atoms with Crippen molar-refractivity contribution in [1.29, 1.82) is 0 Å². The lowest BCUT2D eigenvalue weighted by Crippen LogP contribution is -2.37. The molecule has 2 unspecified atom stereocenters. The number of ether oxygens (including phenoxy) is 2. The van der Waals surface area contributed by atoms with Crippen molar-refractivity contribution in [2.45, 2.75) is 206 Å². The third-order valence-corrected chi connectivity index (χ3v) is 10.9.